The van der Waals surface area contributed by atoms with E-state index in [1.54, 1.807) is 7.11 Å². The van der Waals surface area contributed by atoms with E-state index in [0.29, 0.717) is 18.0 Å². The second-order valence-corrected chi connectivity index (χ2v) is 8.59. The lowest BCUT2D eigenvalue weighted by Crippen LogP contribution is -2.49. The van der Waals surface area contributed by atoms with E-state index in [2.05, 4.69) is 44.3 Å². The van der Waals surface area contributed by atoms with Crippen LogP contribution in [0, 0.1) is 6.92 Å². The van der Waals surface area contributed by atoms with Crippen LogP contribution in [0.3, 0.4) is 0 Å². The Labute approximate surface area is 192 Å². The van der Waals surface area contributed by atoms with Crippen LogP contribution in [0.4, 0.5) is 0 Å². The third-order valence-corrected chi connectivity index (χ3v) is 6.14. The number of aryl methyl sites for hydroxylation is 1. The van der Waals surface area contributed by atoms with Gasteiger partial charge in [0.05, 0.1) is 7.11 Å². The van der Waals surface area contributed by atoms with E-state index in [-0.39, 0.29) is 6.61 Å². The monoisotopic (exact) mass is 445 g/mol. The maximum Gasteiger partial charge on any atom is 0.161 e. The lowest BCUT2D eigenvalue weighted by atomic mass is 10.2. The SMILES string of the molecule is CCN1CCN(C[C@H](O)COc2ccc(CN(C)CCn3ccnc3C)cc2OC)CC1. The molecule has 0 spiro atoms. The Morgan fingerprint density at radius 1 is 1.16 bits per heavy atom. The number of hydrogen-bond donors (Lipinski definition) is 1. The van der Waals surface area contributed by atoms with Crippen LogP contribution >= 0.6 is 0 Å². The standard InChI is InChI=1S/C24H39N5O3/c1-5-27-11-13-28(14-12-27)18-22(30)19-32-23-7-6-21(16-24(23)31-4)17-26(3)10-15-29-9-8-25-20(29)2/h6-9,16,22,30H,5,10-15,17-19H2,1-4H3/t22-/m0/s1. The zero-order chi connectivity index (χ0) is 22.9. The van der Waals surface area contributed by atoms with Crippen LogP contribution < -0.4 is 9.47 Å². The predicted molar refractivity (Wildman–Crippen MR) is 126 cm³/mol. The Kier molecular flexibility index (Phi) is 9.35. The molecule has 2 aromatic rings. The van der Waals surface area contributed by atoms with Crippen LogP contribution in [-0.4, -0.2) is 102 Å². The number of methoxy groups -OCH3 is 1. The van der Waals surface area contributed by atoms with Crippen molar-refractivity contribution in [3.8, 4) is 11.5 Å². The number of rotatable bonds is 12. The molecule has 0 unspecified atom stereocenters. The molecule has 8 nitrogen and oxygen atoms in total. The summed E-state index contributed by atoms with van der Waals surface area (Å²) in [6.07, 6.45) is 3.32. The highest BCUT2D eigenvalue weighted by molar-refractivity contribution is 5.43. The van der Waals surface area contributed by atoms with E-state index in [4.69, 9.17) is 9.47 Å². The molecule has 1 N–H and O–H groups in total. The fraction of sp³-hybridized carbons (Fsp3) is 0.625. The van der Waals surface area contributed by atoms with Gasteiger partial charge in [0.25, 0.3) is 0 Å². The highest BCUT2D eigenvalue weighted by Gasteiger charge is 2.19. The van der Waals surface area contributed by atoms with Crippen LogP contribution in [0.2, 0.25) is 0 Å². The van der Waals surface area contributed by atoms with Gasteiger partial charge in [0, 0.05) is 64.8 Å². The Balaban J connectivity index is 1.45. The van der Waals surface area contributed by atoms with Crippen molar-refractivity contribution in [2.45, 2.75) is 33.0 Å². The van der Waals surface area contributed by atoms with Gasteiger partial charge in [-0.2, -0.15) is 0 Å². The van der Waals surface area contributed by atoms with Crippen molar-refractivity contribution in [2.24, 2.45) is 0 Å². The molecule has 3 rings (SSSR count). The number of aliphatic hydroxyl groups is 1. The van der Waals surface area contributed by atoms with Gasteiger partial charge < -0.3 is 28.9 Å². The molecule has 178 valence electrons. The van der Waals surface area contributed by atoms with E-state index >= 15 is 0 Å². The van der Waals surface area contributed by atoms with Crippen molar-refractivity contribution >= 4 is 0 Å². The smallest absolute Gasteiger partial charge is 0.161 e. The summed E-state index contributed by atoms with van der Waals surface area (Å²) < 4.78 is 13.6. The summed E-state index contributed by atoms with van der Waals surface area (Å²) in [6.45, 7) is 13.0. The van der Waals surface area contributed by atoms with Crippen LogP contribution in [0.25, 0.3) is 0 Å². The first-order valence-corrected chi connectivity index (χ1v) is 11.6. The molecule has 0 saturated carbocycles. The summed E-state index contributed by atoms with van der Waals surface area (Å²) in [7, 11) is 3.76. The molecule has 32 heavy (non-hydrogen) atoms. The third-order valence-electron chi connectivity index (χ3n) is 6.14. The number of imidazole rings is 1. The van der Waals surface area contributed by atoms with Gasteiger partial charge in [-0.25, -0.2) is 4.98 Å². The van der Waals surface area contributed by atoms with Gasteiger partial charge in [0.1, 0.15) is 18.5 Å². The van der Waals surface area contributed by atoms with Crippen molar-refractivity contribution in [3.05, 3.63) is 42.0 Å². The molecule has 1 aliphatic heterocycles. The van der Waals surface area contributed by atoms with E-state index in [9.17, 15) is 5.11 Å². The Morgan fingerprint density at radius 3 is 2.56 bits per heavy atom. The number of likely N-dealkylation sites (N-methyl/N-ethyl adjacent to an activating group) is 2. The number of β-amino-alcohol motifs (C(OH)–C–C–N with tert-alkyl or cyclic N) is 1. The topological polar surface area (TPSA) is 66.2 Å². The highest BCUT2D eigenvalue weighted by Crippen LogP contribution is 2.28. The molecule has 8 heteroatoms. The molecule has 1 aromatic carbocycles. The number of piperazine rings is 1. The number of hydrogen-bond acceptors (Lipinski definition) is 7. The minimum absolute atomic E-state index is 0.258. The molecule has 1 atom stereocenters. The van der Waals surface area contributed by atoms with Gasteiger partial charge in [-0.1, -0.05) is 13.0 Å². The Morgan fingerprint density at radius 2 is 1.91 bits per heavy atom. The van der Waals surface area contributed by atoms with Crippen molar-refractivity contribution in [3.63, 3.8) is 0 Å². The molecule has 0 radical (unpaired) electrons. The predicted octanol–water partition coefficient (Wildman–Crippen LogP) is 1.71. The van der Waals surface area contributed by atoms with Crippen LogP contribution in [0.1, 0.15) is 18.3 Å². The minimum Gasteiger partial charge on any atom is -0.493 e. The van der Waals surface area contributed by atoms with E-state index in [1.807, 2.05) is 31.5 Å². The Hall–Kier alpha value is -2.13. The van der Waals surface area contributed by atoms with Gasteiger partial charge >= 0.3 is 0 Å². The van der Waals surface area contributed by atoms with Crippen molar-refractivity contribution in [2.75, 3.05) is 66.6 Å². The number of aliphatic hydroxyl groups excluding tert-OH is 1. The fourth-order valence-corrected chi connectivity index (χ4v) is 4.06. The van der Waals surface area contributed by atoms with Gasteiger partial charge in [-0.05, 0) is 38.2 Å². The lowest BCUT2D eigenvalue weighted by Gasteiger charge is -2.34. The second-order valence-electron chi connectivity index (χ2n) is 8.59. The van der Waals surface area contributed by atoms with Crippen LogP contribution in [0.5, 0.6) is 11.5 Å². The molecule has 1 saturated heterocycles. The third kappa shape index (κ3) is 7.20. The quantitative estimate of drug-likeness (QED) is 0.534. The van der Waals surface area contributed by atoms with Crippen molar-refractivity contribution < 1.29 is 14.6 Å². The summed E-state index contributed by atoms with van der Waals surface area (Å²) in [6, 6.07) is 6.02. The maximum atomic E-state index is 10.4. The highest BCUT2D eigenvalue weighted by atomic mass is 16.5. The van der Waals surface area contributed by atoms with Gasteiger partial charge in [0.15, 0.2) is 11.5 Å². The molecule has 0 amide bonds. The molecule has 1 fully saturated rings. The summed E-state index contributed by atoms with van der Waals surface area (Å²) in [5.74, 6) is 2.40. The second kappa shape index (κ2) is 12.2. The largest absolute Gasteiger partial charge is 0.493 e. The normalized spacial score (nSPS) is 16.4. The van der Waals surface area contributed by atoms with E-state index < -0.39 is 6.10 Å². The molecular formula is C24H39N5O3. The zero-order valence-electron chi connectivity index (χ0n) is 20.0. The van der Waals surface area contributed by atoms with Gasteiger partial charge in [-0.3, -0.25) is 4.90 Å². The number of aromatic nitrogens is 2. The molecule has 0 bridgehead atoms. The minimum atomic E-state index is -0.523. The van der Waals surface area contributed by atoms with Gasteiger partial charge in [0.2, 0.25) is 0 Å². The first kappa shape index (κ1) is 24.5. The van der Waals surface area contributed by atoms with Gasteiger partial charge in [-0.15, -0.1) is 0 Å². The van der Waals surface area contributed by atoms with Crippen molar-refractivity contribution in [1.82, 2.24) is 24.3 Å². The summed E-state index contributed by atoms with van der Waals surface area (Å²) in [5, 5.41) is 10.4. The number of ether oxygens (including phenoxy) is 2. The number of benzene rings is 1. The van der Waals surface area contributed by atoms with E-state index in [1.165, 1.54) is 0 Å². The molecular weight excluding hydrogens is 406 g/mol. The average molecular weight is 446 g/mol. The van der Waals surface area contributed by atoms with Crippen LogP contribution in [0.15, 0.2) is 30.6 Å². The molecule has 1 aromatic heterocycles. The molecule has 2 heterocycles. The van der Waals surface area contributed by atoms with Crippen LogP contribution in [-0.2, 0) is 13.1 Å². The molecule has 1 aliphatic rings. The first-order valence-electron chi connectivity index (χ1n) is 11.6. The summed E-state index contributed by atoms with van der Waals surface area (Å²) in [5.41, 5.74) is 1.16. The summed E-state index contributed by atoms with van der Waals surface area (Å²) in [4.78, 5) is 11.3. The Bertz CT molecular complexity index is 820. The van der Waals surface area contributed by atoms with Crippen molar-refractivity contribution in [1.29, 1.82) is 0 Å². The first-order chi connectivity index (χ1) is 15.5. The number of nitrogens with zero attached hydrogens (tertiary/aromatic N) is 5. The molecule has 0 aliphatic carbocycles. The average Bonchev–Trinajstić information content (AvgIpc) is 3.21. The fourth-order valence-electron chi connectivity index (χ4n) is 4.06. The van der Waals surface area contributed by atoms with E-state index in [0.717, 1.165) is 63.7 Å². The lowest BCUT2D eigenvalue weighted by molar-refractivity contribution is 0.0464. The zero-order valence-corrected chi connectivity index (χ0v) is 20.0. The summed E-state index contributed by atoms with van der Waals surface area (Å²) >= 11 is 0. The maximum absolute atomic E-state index is 10.4.